The summed E-state index contributed by atoms with van der Waals surface area (Å²) in [4.78, 5) is 0.369. The molecule has 2 rings (SSSR count). The van der Waals surface area contributed by atoms with E-state index in [0.29, 0.717) is 17.4 Å². The molecule has 106 valence electrons. The number of benzene rings is 1. The van der Waals surface area contributed by atoms with Crippen LogP contribution in [0.25, 0.3) is 0 Å². The van der Waals surface area contributed by atoms with E-state index < -0.39 is 10.0 Å². The van der Waals surface area contributed by atoms with Gasteiger partial charge in [-0.15, -0.1) is 0 Å². The van der Waals surface area contributed by atoms with Crippen LogP contribution in [0.1, 0.15) is 32.1 Å². The molecule has 1 saturated carbocycles. The van der Waals surface area contributed by atoms with E-state index in [1.165, 1.54) is 23.6 Å². The van der Waals surface area contributed by atoms with Gasteiger partial charge in [0.05, 0.1) is 4.90 Å². The first-order chi connectivity index (χ1) is 9.00. The van der Waals surface area contributed by atoms with Crippen LogP contribution in [0, 0.1) is 5.92 Å². The lowest BCUT2D eigenvalue weighted by atomic mass is 9.89. The third-order valence-electron chi connectivity index (χ3n) is 3.76. The molecule has 0 amide bonds. The van der Waals surface area contributed by atoms with Gasteiger partial charge in [0.25, 0.3) is 0 Å². The molecule has 1 aliphatic rings. The van der Waals surface area contributed by atoms with Gasteiger partial charge in [-0.3, -0.25) is 0 Å². The molecule has 0 heterocycles. The maximum Gasteiger partial charge on any atom is 0.242 e. The summed E-state index contributed by atoms with van der Waals surface area (Å²) in [6, 6.07) is 6.83. The summed E-state index contributed by atoms with van der Waals surface area (Å²) in [6.45, 7) is 0.637. The summed E-state index contributed by atoms with van der Waals surface area (Å²) in [6.07, 6.45) is 6.06. The van der Waals surface area contributed by atoms with Gasteiger partial charge in [0, 0.05) is 18.1 Å². The second-order valence-electron chi connectivity index (χ2n) is 5.24. The predicted octanol–water partition coefficient (Wildman–Crippen LogP) is 3.65. The fraction of sp³-hybridized carbons (Fsp3) is 0.571. The van der Waals surface area contributed by atoms with Crippen molar-refractivity contribution < 1.29 is 8.42 Å². The van der Waals surface area contributed by atoms with Crippen molar-refractivity contribution in [2.45, 2.75) is 37.0 Å². The second-order valence-corrected chi connectivity index (χ2v) is 8.20. The standard InChI is InChI=1S/C14H20BrNO2S/c1-16(11-12-5-3-2-4-6-12)19(17,18)14-9-7-13(15)8-10-14/h7-10,12H,2-6,11H2,1H3. The zero-order chi connectivity index (χ0) is 13.9. The quantitative estimate of drug-likeness (QED) is 0.835. The van der Waals surface area contributed by atoms with Gasteiger partial charge in [-0.2, -0.15) is 0 Å². The Hall–Kier alpha value is -0.390. The van der Waals surface area contributed by atoms with Crippen molar-refractivity contribution in [1.29, 1.82) is 0 Å². The third-order valence-corrected chi connectivity index (χ3v) is 6.13. The molecule has 0 radical (unpaired) electrons. The summed E-state index contributed by atoms with van der Waals surface area (Å²) in [5, 5.41) is 0. The smallest absolute Gasteiger partial charge is 0.207 e. The zero-order valence-corrected chi connectivity index (χ0v) is 13.6. The third kappa shape index (κ3) is 3.80. The van der Waals surface area contributed by atoms with E-state index in [1.807, 2.05) is 0 Å². The number of hydrogen-bond acceptors (Lipinski definition) is 2. The minimum Gasteiger partial charge on any atom is -0.207 e. The topological polar surface area (TPSA) is 37.4 Å². The Morgan fingerprint density at radius 2 is 1.74 bits per heavy atom. The van der Waals surface area contributed by atoms with Crippen molar-refractivity contribution in [2.75, 3.05) is 13.6 Å². The summed E-state index contributed by atoms with van der Waals surface area (Å²) in [7, 11) is -1.66. The molecular weight excluding hydrogens is 326 g/mol. The predicted molar refractivity (Wildman–Crippen MR) is 80.5 cm³/mol. The first kappa shape index (κ1) is 15.0. The molecule has 0 unspecified atom stereocenters. The van der Waals surface area contributed by atoms with E-state index in [1.54, 1.807) is 31.3 Å². The van der Waals surface area contributed by atoms with Gasteiger partial charge in [-0.1, -0.05) is 35.2 Å². The maximum atomic E-state index is 12.4. The van der Waals surface area contributed by atoms with E-state index in [9.17, 15) is 8.42 Å². The van der Waals surface area contributed by atoms with Crippen LogP contribution in [0.5, 0.6) is 0 Å². The lowest BCUT2D eigenvalue weighted by Gasteiger charge is -2.26. The van der Waals surface area contributed by atoms with Crippen LogP contribution in [0.2, 0.25) is 0 Å². The molecule has 1 fully saturated rings. The first-order valence-electron chi connectivity index (χ1n) is 6.72. The molecule has 5 heteroatoms. The van der Waals surface area contributed by atoms with Gasteiger partial charge in [-0.05, 0) is 43.0 Å². The fourth-order valence-electron chi connectivity index (χ4n) is 2.62. The van der Waals surface area contributed by atoms with E-state index >= 15 is 0 Å². The van der Waals surface area contributed by atoms with E-state index in [4.69, 9.17) is 0 Å². The molecule has 1 aliphatic carbocycles. The Bertz CT molecular complexity index is 507. The highest BCUT2D eigenvalue weighted by atomic mass is 79.9. The second kappa shape index (κ2) is 6.37. The van der Waals surface area contributed by atoms with Crippen LogP contribution in [0.15, 0.2) is 33.6 Å². The molecule has 19 heavy (non-hydrogen) atoms. The van der Waals surface area contributed by atoms with Gasteiger partial charge in [-0.25, -0.2) is 12.7 Å². The Kier molecular flexibility index (Phi) is 5.03. The molecule has 0 bridgehead atoms. The highest BCUT2D eigenvalue weighted by molar-refractivity contribution is 9.10. The highest BCUT2D eigenvalue weighted by Crippen LogP contribution is 2.26. The average Bonchev–Trinajstić information content (AvgIpc) is 2.40. The molecular formula is C14H20BrNO2S. The van der Waals surface area contributed by atoms with Gasteiger partial charge in [0.15, 0.2) is 0 Å². The van der Waals surface area contributed by atoms with Crippen molar-refractivity contribution in [3.05, 3.63) is 28.7 Å². The molecule has 0 aliphatic heterocycles. The van der Waals surface area contributed by atoms with Crippen LogP contribution >= 0.6 is 15.9 Å². The molecule has 1 aromatic rings. The van der Waals surface area contributed by atoms with Crippen molar-refractivity contribution in [2.24, 2.45) is 5.92 Å². The van der Waals surface area contributed by atoms with Gasteiger partial charge in [0.2, 0.25) is 10.0 Å². The van der Waals surface area contributed by atoms with E-state index in [0.717, 1.165) is 17.3 Å². The van der Waals surface area contributed by atoms with Gasteiger partial charge >= 0.3 is 0 Å². The minimum absolute atomic E-state index is 0.369. The lowest BCUT2D eigenvalue weighted by Crippen LogP contribution is -2.32. The average molecular weight is 346 g/mol. The minimum atomic E-state index is -3.34. The normalized spacial score (nSPS) is 17.8. The Morgan fingerprint density at radius 3 is 2.32 bits per heavy atom. The molecule has 0 N–H and O–H groups in total. The Morgan fingerprint density at radius 1 is 1.16 bits per heavy atom. The van der Waals surface area contributed by atoms with Crippen molar-refractivity contribution in [3.63, 3.8) is 0 Å². The fourth-order valence-corrected chi connectivity index (χ4v) is 4.13. The van der Waals surface area contributed by atoms with Crippen LogP contribution in [-0.2, 0) is 10.0 Å². The maximum absolute atomic E-state index is 12.4. The number of nitrogens with zero attached hydrogens (tertiary/aromatic N) is 1. The SMILES string of the molecule is CN(CC1CCCCC1)S(=O)(=O)c1ccc(Br)cc1. The summed E-state index contributed by atoms with van der Waals surface area (Å²) >= 11 is 3.32. The molecule has 0 atom stereocenters. The zero-order valence-electron chi connectivity index (χ0n) is 11.2. The van der Waals surface area contributed by atoms with Crippen LogP contribution in [0.4, 0.5) is 0 Å². The number of halogens is 1. The largest absolute Gasteiger partial charge is 0.242 e. The Labute approximate surface area is 124 Å². The van der Waals surface area contributed by atoms with Crippen LogP contribution in [-0.4, -0.2) is 26.3 Å². The van der Waals surface area contributed by atoms with Gasteiger partial charge in [0.1, 0.15) is 0 Å². The van der Waals surface area contributed by atoms with Crippen molar-refractivity contribution in [3.8, 4) is 0 Å². The number of sulfonamides is 1. The molecule has 0 saturated heterocycles. The number of hydrogen-bond donors (Lipinski definition) is 0. The summed E-state index contributed by atoms with van der Waals surface area (Å²) in [5.74, 6) is 0.518. The van der Waals surface area contributed by atoms with Crippen LogP contribution < -0.4 is 0 Å². The van der Waals surface area contributed by atoms with Crippen molar-refractivity contribution in [1.82, 2.24) is 4.31 Å². The van der Waals surface area contributed by atoms with Crippen molar-refractivity contribution >= 4 is 26.0 Å². The van der Waals surface area contributed by atoms with E-state index in [-0.39, 0.29) is 0 Å². The summed E-state index contributed by atoms with van der Waals surface area (Å²) in [5.41, 5.74) is 0. The first-order valence-corrected chi connectivity index (χ1v) is 8.95. The van der Waals surface area contributed by atoms with Crippen LogP contribution in [0.3, 0.4) is 0 Å². The molecule has 3 nitrogen and oxygen atoms in total. The Balaban J connectivity index is 2.07. The molecule has 1 aromatic carbocycles. The molecule has 0 spiro atoms. The lowest BCUT2D eigenvalue weighted by molar-refractivity contribution is 0.300. The molecule has 0 aromatic heterocycles. The number of rotatable bonds is 4. The summed E-state index contributed by atoms with van der Waals surface area (Å²) < 4.78 is 27.3. The van der Waals surface area contributed by atoms with E-state index in [2.05, 4.69) is 15.9 Å². The van der Waals surface area contributed by atoms with Gasteiger partial charge < -0.3 is 0 Å². The highest BCUT2D eigenvalue weighted by Gasteiger charge is 2.24. The monoisotopic (exact) mass is 345 g/mol.